The SMILES string of the molecule is C/C=C(\NC)C(=O)N[C@H](CONc1ccc(-c2c(C)cc(=O)n(C)c2C)cn1)C1CCC(C)CC1.C=N.[HH].[HH]. The van der Waals surface area contributed by atoms with Gasteiger partial charge in [-0.15, -0.1) is 0 Å². The highest BCUT2D eigenvalue weighted by molar-refractivity contribution is 5.92. The number of amides is 1. The maximum Gasteiger partial charge on any atom is 0.267 e. The number of nitrogens with zero attached hydrogens (tertiary/aromatic N) is 2. The molecule has 2 aromatic heterocycles. The van der Waals surface area contributed by atoms with E-state index in [0.29, 0.717) is 24.0 Å². The van der Waals surface area contributed by atoms with E-state index in [9.17, 15) is 9.59 Å². The zero-order valence-corrected chi connectivity index (χ0v) is 23.0. The topological polar surface area (TPSA) is 121 Å². The number of carbonyl (C=O) groups excluding carboxylic acids is 1. The number of likely N-dealkylation sites (N-methyl/N-ethyl adjacent to an activating group) is 1. The van der Waals surface area contributed by atoms with Crippen LogP contribution in [-0.4, -0.2) is 41.9 Å². The first-order valence-corrected chi connectivity index (χ1v) is 12.8. The summed E-state index contributed by atoms with van der Waals surface area (Å²) >= 11 is 0. The van der Waals surface area contributed by atoms with Crippen molar-refractivity contribution in [1.82, 2.24) is 20.2 Å². The lowest BCUT2D eigenvalue weighted by molar-refractivity contribution is -0.119. The minimum Gasteiger partial charge on any atom is -0.384 e. The van der Waals surface area contributed by atoms with Crippen molar-refractivity contribution in [2.45, 2.75) is 59.4 Å². The molecule has 1 amide bonds. The molecule has 0 bridgehead atoms. The molecule has 1 saturated carbocycles. The molecule has 3 rings (SSSR count). The zero-order valence-electron chi connectivity index (χ0n) is 23.0. The van der Waals surface area contributed by atoms with Crippen LogP contribution in [0.3, 0.4) is 0 Å². The summed E-state index contributed by atoms with van der Waals surface area (Å²) in [5.41, 5.74) is 7.23. The number of aromatic nitrogens is 2. The summed E-state index contributed by atoms with van der Waals surface area (Å²) in [6, 6.07) is 5.37. The van der Waals surface area contributed by atoms with Gasteiger partial charge in [0.25, 0.3) is 11.5 Å². The number of nitrogens with one attached hydrogen (secondary N) is 4. The molecule has 1 aliphatic carbocycles. The summed E-state index contributed by atoms with van der Waals surface area (Å²) in [7, 11) is 3.52. The smallest absolute Gasteiger partial charge is 0.267 e. The zero-order chi connectivity index (χ0) is 27.5. The summed E-state index contributed by atoms with van der Waals surface area (Å²) in [5.74, 6) is 1.57. The predicted molar refractivity (Wildman–Crippen MR) is 154 cm³/mol. The second-order valence-corrected chi connectivity index (χ2v) is 9.58. The number of anilines is 1. The van der Waals surface area contributed by atoms with E-state index in [0.717, 1.165) is 41.1 Å². The van der Waals surface area contributed by atoms with Gasteiger partial charge in [0.1, 0.15) is 5.82 Å². The minimum atomic E-state index is -0.118. The van der Waals surface area contributed by atoms with Gasteiger partial charge in [0.05, 0.1) is 18.3 Å². The molecule has 1 fully saturated rings. The predicted octanol–water partition coefficient (Wildman–Crippen LogP) is 4.60. The molecule has 0 aromatic carbocycles. The van der Waals surface area contributed by atoms with Crippen LogP contribution >= 0.6 is 0 Å². The Kier molecular flexibility index (Phi) is 11.5. The third-order valence-corrected chi connectivity index (χ3v) is 7.17. The first-order chi connectivity index (χ1) is 17.7. The highest BCUT2D eigenvalue weighted by Gasteiger charge is 2.28. The Hall–Kier alpha value is -3.46. The average Bonchev–Trinajstić information content (AvgIpc) is 2.90. The summed E-state index contributed by atoms with van der Waals surface area (Å²) in [6.45, 7) is 10.8. The van der Waals surface area contributed by atoms with Gasteiger partial charge in [0.15, 0.2) is 0 Å². The molecule has 0 spiro atoms. The highest BCUT2D eigenvalue weighted by atomic mass is 16.6. The van der Waals surface area contributed by atoms with Gasteiger partial charge in [-0.2, -0.15) is 0 Å². The summed E-state index contributed by atoms with van der Waals surface area (Å²) in [6.07, 6.45) is 8.03. The van der Waals surface area contributed by atoms with E-state index >= 15 is 0 Å². The Balaban J connectivity index is 0.00000353. The second kappa shape index (κ2) is 14.3. The Morgan fingerprint density at radius 1 is 1.30 bits per heavy atom. The second-order valence-electron chi connectivity index (χ2n) is 9.58. The number of pyridine rings is 2. The van der Waals surface area contributed by atoms with E-state index in [-0.39, 0.29) is 20.4 Å². The van der Waals surface area contributed by atoms with Crippen molar-refractivity contribution in [1.29, 1.82) is 5.41 Å². The molecule has 4 N–H and O–H groups in total. The van der Waals surface area contributed by atoms with E-state index in [1.165, 1.54) is 12.8 Å². The van der Waals surface area contributed by atoms with Crippen molar-refractivity contribution in [2.75, 3.05) is 19.1 Å². The van der Waals surface area contributed by atoms with Crippen LogP contribution in [0.5, 0.6) is 0 Å². The number of hydrogen-bond donors (Lipinski definition) is 4. The minimum absolute atomic E-state index is 0. The normalized spacial score (nSPS) is 18.3. The van der Waals surface area contributed by atoms with Crippen LogP contribution in [0.25, 0.3) is 11.1 Å². The maximum absolute atomic E-state index is 12.7. The van der Waals surface area contributed by atoms with E-state index < -0.39 is 0 Å². The molecule has 9 heteroatoms. The van der Waals surface area contributed by atoms with Gasteiger partial charge in [-0.05, 0) is 69.9 Å². The third-order valence-electron chi connectivity index (χ3n) is 7.17. The van der Waals surface area contributed by atoms with Crippen molar-refractivity contribution in [3.05, 3.63) is 57.8 Å². The fourth-order valence-electron chi connectivity index (χ4n) is 4.84. The van der Waals surface area contributed by atoms with Crippen LogP contribution in [-0.2, 0) is 16.7 Å². The molecule has 0 radical (unpaired) electrons. The summed E-state index contributed by atoms with van der Waals surface area (Å²) in [4.78, 5) is 35.0. The van der Waals surface area contributed by atoms with Crippen LogP contribution in [0.4, 0.5) is 5.82 Å². The van der Waals surface area contributed by atoms with Gasteiger partial charge < -0.3 is 20.6 Å². The Bertz CT molecular complexity index is 1130. The molecule has 0 unspecified atom stereocenters. The lowest BCUT2D eigenvalue weighted by Gasteiger charge is -2.33. The standard InChI is InChI=1S/C27H39N5O3.CH3N.2H2/c1-7-22(28-5)27(34)30-23(20-10-8-17(2)9-11-20)16-35-31-24-13-12-21(15-29-24)26-18(3)14-25(33)32(6)19(26)4;1-2;;/h7,12-15,17,20,23,28H,8-11,16H2,1-6H3,(H,29,31)(H,30,34);2H,1H2;2*1H/b22-7-;;;/t17?,20?,23-;;;/m1.../s1. The molecular formula is C28H46N6O3. The van der Waals surface area contributed by atoms with Crippen LogP contribution in [0.15, 0.2) is 41.0 Å². The van der Waals surface area contributed by atoms with Crippen LogP contribution in [0.1, 0.15) is 53.6 Å². The molecule has 37 heavy (non-hydrogen) atoms. The van der Waals surface area contributed by atoms with Gasteiger partial charge in [-0.1, -0.05) is 25.8 Å². The molecule has 9 nitrogen and oxygen atoms in total. The van der Waals surface area contributed by atoms with Gasteiger partial charge >= 0.3 is 0 Å². The molecule has 0 saturated heterocycles. The van der Waals surface area contributed by atoms with E-state index in [2.05, 4.69) is 34.7 Å². The molecule has 2 aromatic rings. The Morgan fingerprint density at radius 3 is 2.54 bits per heavy atom. The van der Waals surface area contributed by atoms with Gasteiger partial charge in [-0.3, -0.25) is 14.4 Å². The van der Waals surface area contributed by atoms with Crippen molar-refractivity contribution in [3.8, 4) is 11.1 Å². The van der Waals surface area contributed by atoms with Crippen molar-refractivity contribution in [3.63, 3.8) is 0 Å². The Morgan fingerprint density at radius 2 is 1.97 bits per heavy atom. The summed E-state index contributed by atoms with van der Waals surface area (Å²) in [5, 5.41) is 11.6. The molecule has 1 aliphatic rings. The van der Waals surface area contributed by atoms with Gasteiger partial charge in [0.2, 0.25) is 0 Å². The Labute approximate surface area is 223 Å². The van der Waals surface area contributed by atoms with Gasteiger partial charge in [0, 0.05) is 46.0 Å². The van der Waals surface area contributed by atoms with Crippen molar-refractivity contribution >= 4 is 18.4 Å². The van der Waals surface area contributed by atoms with Gasteiger partial charge in [-0.25, -0.2) is 10.5 Å². The maximum atomic E-state index is 12.7. The molecule has 0 aliphatic heterocycles. The molecule has 206 valence electrons. The number of aryl methyl sites for hydroxylation is 1. The highest BCUT2D eigenvalue weighted by Crippen LogP contribution is 2.31. The van der Waals surface area contributed by atoms with E-state index in [1.807, 2.05) is 32.9 Å². The molecule has 1 atom stereocenters. The van der Waals surface area contributed by atoms with E-state index in [1.54, 1.807) is 37.0 Å². The van der Waals surface area contributed by atoms with Crippen molar-refractivity contribution < 1.29 is 12.5 Å². The number of hydrogen-bond acceptors (Lipinski definition) is 7. The lowest BCUT2D eigenvalue weighted by atomic mass is 9.79. The molecular weight excluding hydrogens is 468 g/mol. The first-order valence-electron chi connectivity index (χ1n) is 12.8. The van der Waals surface area contributed by atoms with E-state index in [4.69, 9.17) is 10.2 Å². The first kappa shape index (κ1) is 29.8. The van der Waals surface area contributed by atoms with Crippen LogP contribution in [0, 0.1) is 31.1 Å². The largest absolute Gasteiger partial charge is 0.384 e. The number of rotatable bonds is 9. The monoisotopic (exact) mass is 514 g/mol. The average molecular weight is 515 g/mol. The van der Waals surface area contributed by atoms with Crippen molar-refractivity contribution in [2.24, 2.45) is 18.9 Å². The third kappa shape index (κ3) is 7.76. The fourth-order valence-corrected chi connectivity index (χ4v) is 4.84. The van der Waals surface area contributed by atoms with Crippen LogP contribution < -0.4 is 21.7 Å². The number of allylic oxidation sites excluding steroid dienone is 1. The number of carbonyl (C=O) groups is 1. The fraction of sp³-hybridized carbons (Fsp3) is 0.500. The lowest BCUT2D eigenvalue weighted by Crippen LogP contribution is -2.46. The van der Waals surface area contributed by atoms with Crippen LogP contribution in [0.2, 0.25) is 0 Å². The summed E-state index contributed by atoms with van der Waals surface area (Å²) < 4.78 is 1.64. The molecule has 2 heterocycles. The quantitative estimate of drug-likeness (QED) is 0.220.